The normalized spacial score (nSPS) is 13.7. The molecule has 1 aromatic carbocycles. The summed E-state index contributed by atoms with van der Waals surface area (Å²) in [6.45, 7) is 1.98. The summed E-state index contributed by atoms with van der Waals surface area (Å²) in [5.41, 5.74) is 4.51. The zero-order chi connectivity index (χ0) is 13.9. The Balaban J connectivity index is 1.80. The zero-order valence-corrected chi connectivity index (χ0v) is 11.6. The molecule has 0 saturated carbocycles. The molecule has 0 radical (unpaired) electrons. The van der Waals surface area contributed by atoms with Gasteiger partial charge in [-0.15, -0.1) is 0 Å². The van der Waals surface area contributed by atoms with Crippen LogP contribution in [0.2, 0.25) is 0 Å². The van der Waals surface area contributed by atoms with E-state index < -0.39 is 0 Å². The Bertz CT molecular complexity index is 649. The molecule has 0 fully saturated rings. The first-order valence-corrected chi connectivity index (χ1v) is 7.08. The van der Waals surface area contributed by atoms with Crippen LogP contribution in [0, 0.1) is 6.92 Å². The van der Waals surface area contributed by atoms with Crippen LogP contribution in [-0.4, -0.2) is 10.9 Å². The molecule has 0 aliphatic heterocycles. The number of nitrogens with zero attached hydrogens (tertiary/aromatic N) is 1. The van der Waals surface area contributed by atoms with Gasteiger partial charge < -0.3 is 5.32 Å². The van der Waals surface area contributed by atoms with Gasteiger partial charge in [-0.05, 0) is 73.6 Å². The molecule has 1 N–H and O–H groups in total. The Morgan fingerprint density at radius 2 is 1.90 bits per heavy atom. The van der Waals surface area contributed by atoms with Gasteiger partial charge in [0.05, 0.1) is 0 Å². The van der Waals surface area contributed by atoms with Crippen molar-refractivity contribution in [3.63, 3.8) is 0 Å². The third-order valence-corrected chi connectivity index (χ3v) is 3.77. The van der Waals surface area contributed by atoms with Crippen molar-refractivity contribution in [2.24, 2.45) is 0 Å². The Hall–Kier alpha value is -2.16. The van der Waals surface area contributed by atoms with E-state index in [0.717, 1.165) is 18.4 Å². The van der Waals surface area contributed by atoms with E-state index >= 15 is 0 Å². The van der Waals surface area contributed by atoms with Crippen LogP contribution in [0.4, 0.5) is 5.82 Å². The van der Waals surface area contributed by atoms with E-state index in [4.69, 9.17) is 0 Å². The van der Waals surface area contributed by atoms with Crippen LogP contribution in [0.25, 0.3) is 0 Å². The highest BCUT2D eigenvalue weighted by Crippen LogP contribution is 2.22. The number of rotatable bonds is 2. The smallest absolute Gasteiger partial charge is 0.256 e. The molecule has 0 spiro atoms. The molecule has 1 aliphatic carbocycles. The summed E-state index contributed by atoms with van der Waals surface area (Å²) >= 11 is 0. The van der Waals surface area contributed by atoms with Crippen molar-refractivity contribution in [1.82, 2.24) is 4.98 Å². The van der Waals surface area contributed by atoms with Gasteiger partial charge in [-0.3, -0.25) is 4.79 Å². The summed E-state index contributed by atoms with van der Waals surface area (Å²) < 4.78 is 0. The molecular formula is C17H18N2O. The quantitative estimate of drug-likeness (QED) is 0.903. The van der Waals surface area contributed by atoms with Crippen molar-refractivity contribution in [2.45, 2.75) is 32.6 Å². The second-order valence-corrected chi connectivity index (χ2v) is 5.36. The van der Waals surface area contributed by atoms with Crippen molar-refractivity contribution in [3.8, 4) is 0 Å². The maximum Gasteiger partial charge on any atom is 0.256 e. The lowest BCUT2D eigenvalue weighted by atomic mass is 9.90. The summed E-state index contributed by atoms with van der Waals surface area (Å²) in [5.74, 6) is 0.518. The van der Waals surface area contributed by atoms with Gasteiger partial charge >= 0.3 is 0 Å². The summed E-state index contributed by atoms with van der Waals surface area (Å²) in [6.07, 6.45) is 6.40. The van der Waals surface area contributed by atoms with E-state index in [1.54, 1.807) is 6.20 Å². The van der Waals surface area contributed by atoms with E-state index in [9.17, 15) is 4.79 Å². The van der Waals surface area contributed by atoms with Crippen molar-refractivity contribution < 1.29 is 4.79 Å². The van der Waals surface area contributed by atoms with E-state index in [2.05, 4.69) is 16.4 Å². The second kappa shape index (κ2) is 5.45. The predicted molar refractivity (Wildman–Crippen MR) is 80.0 cm³/mol. The standard InChI is InChI=1S/C17H18N2O/c1-12-8-9-18-16(10-12)19-17(20)15-7-6-13-4-2-3-5-14(13)11-15/h6-11H,2-5H2,1H3,(H,18,19,20). The molecule has 0 saturated heterocycles. The maximum atomic E-state index is 12.3. The number of amides is 1. The van der Waals surface area contributed by atoms with Gasteiger partial charge in [0.2, 0.25) is 0 Å². The monoisotopic (exact) mass is 266 g/mol. The van der Waals surface area contributed by atoms with Crippen LogP contribution >= 0.6 is 0 Å². The largest absolute Gasteiger partial charge is 0.307 e. The third-order valence-electron chi connectivity index (χ3n) is 3.77. The Labute approximate surface area is 119 Å². The third kappa shape index (κ3) is 2.72. The van der Waals surface area contributed by atoms with Crippen molar-refractivity contribution >= 4 is 11.7 Å². The number of pyridine rings is 1. The first-order chi connectivity index (χ1) is 9.72. The summed E-state index contributed by atoms with van der Waals surface area (Å²) in [4.78, 5) is 16.4. The van der Waals surface area contributed by atoms with E-state index in [-0.39, 0.29) is 5.91 Å². The lowest BCUT2D eigenvalue weighted by molar-refractivity contribution is 0.102. The fraction of sp³-hybridized carbons (Fsp3) is 0.294. The van der Waals surface area contributed by atoms with Crippen LogP contribution in [0.3, 0.4) is 0 Å². The average Bonchev–Trinajstić information content (AvgIpc) is 2.47. The predicted octanol–water partition coefficient (Wildman–Crippen LogP) is 3.52. The number of hydrogen-bond acceptors (Lipinski definition) is 2. The first-order valence-electron chi connectivity index (χ1n) is 7.08. The fourth-order valence-electron chi connectivity index (χ4n) is 2.67. The van der Waals surface area contributed by atoms with E-state index in [1.807, 2.05) is 31.2 Å². The number of carbonyl (C=O) groups excluding carboxylic acids is 1. The Morgan fingerprint density at radius 1 is 1.10 bits per heavy atom. The number of aromatic nitrogens is 1. The topological polar surface area (TPSA) is 42.0 Å². The summed E-state index contributed by atoms with van der Waals surface area (Å²) in [5, 5.41) is 2.86. The first kappa shape index (κ1) is 12.9. The molecule has 1 aliphatic rings. The highest BCUT2D eigenvalue weighted by Gasteiger charge is 2.13. The molecular weight excluding hydrogens is 248 g/mol. The zero-order valence-electron chi connectivity index (χ0n) is 11.6. The molecule has 3 rings (SSSR count). The number of nitrogens with one attached hydrogen (secondary N) is 1. The molecule has 102 valence electrons. The van der Waals surface area contributed by atoms with E-state index in [1.165, 1.54) is 24.0 Å². The van der Waals surface area contributed by atoms with Gasteiger partial charge in [-0.2, -0.15) is 0 Å². The van der Waals surface area contributed by atoms with Crippen molar-refractivity contribution in [1.29, 1.82) is 0 Å². The lowest BCUT2D eigenvalue weighted by Gasteiger charge is -2.16. The van der Waals surface area contributed by atoms with Gasteiger partial charge in [0.25, 0.3) is 5.91 Å². The van der Waals surface area contributed by atoms with Crippen molar-refractivity contribution in [2.75, 3.05) is 5.32 Å². The minimum Gasteiger partial charge on any atom is -0.307 e. The Kier molecular flexibility index (Phi) is 3.50. The van der Waals surface area contributed by atoms with Gasteiger partial charge in [0.1, 0.15) is 5.82 Å². The molecule has 20 heavy (non-hydrogen) atoms. The molecule has 3 heteroatoms. The second-order valence-electron chi connectivity index (χ2n) is 5.36. The van der Waals surface area contributed by atoms with Gasteiger partial charge in [0, 0.05) is 11.8 Å². The van der Waals surface area contributed by atoms with Crippen molar-refractivity contribution in [3.05, 3.63) is 58.8 Å². The SMILES string of the molecule is Cc1ccnc(NC(=O)c2ccc3c(c2)CCCC3)c1. The molecule has 2 aromatic rings. The van der Waals surface area contributed by atoms with Crippen LogP contribution in [0.1, 0.15) is 39.9 Å². The summed E-state index contributed by atoms with van der Waals surface area (Å²) in [7, 11) is 0. The van der Waals surface area contributed by atoms with Crippen LogP contribution in [-0.2, 0) is 12.8 Å². The number of aryl methyl sites for hydroxylation is 3. The highest BCUT2D eigenvalue weighted by atomic mass is 16.1. The number of fused-ring (bicyclic) bond motifs is 1. The van der Waals surface area contributed by atoms with Crippen LogP contribution in [0.5, 0.6) is 0 Å². The average molecular weight is 266 g/mol. The highest BCUT2D eigenvalue weighted by molar-refractivity contribution is 6.03. The van der Waals surface area contributed by atoms with E-state index in [0.29, 0.717) is 11.4 Å². The van der Waals surface area contributed by atoms with Crippen LogP contribution < -0.4 is 5.32 Å². The number of benzene rings is 1. The molecule has 1 amide bonds. The molecule has 0 unspecified atom stereocenters. The number of anilines is 1. The van der Waals surface area contributed by atoms with Gasteiger partial charge in [-0.25, -0.2) is 4.98 Å². The maximum absolute atomic E-state index is 12.3. The van der Waals surface area contributed by atoms with Gasteiger partial charge in [0.15, 0.2) is 0 Å². The Morgan fingerprint density at radius 3 is 2.70 bits per heavy atom. The molecule has 0 bridgehead atoms. The van der Waals surface area contributed by atoms with Gasteiger partial charge in [-0.1, -0.05) is 6.07 Å². The molecule has 1 heterocycles. The minimum atomic E-state index is -0.0866. The number of carbonyl (C=O) groups is 1. The molecule has 1 aromatic heterocycles. The fourth-order valence-corrected chi connectivity index (χ4v) is 2.67. The molecule has 0 atom stereocenters. The van der Waals surface area contributed by atoms with Crippen LogP contribution in [0.15, 0.2) is 36.5 Å². The lowest BCUT2D eigenvalue weighted by Crippen LogP contribution is -2.14. The minimum absolute atomic E-state index is 0.0866. The summed E-state index contributed by atoms with van der Waals surface area (Å²) in [6, 6.07) is 9.81. The number of hydrogen-bond donors (Lipinski definition) is 1. The molecule has 3 nitrogen and oxygen atoms in total.